The second-order valence-corrected chi connectivity index (χ2v) is 5.74. The van der Waals surface area contributed by atoms with Gasteiger partial charge in [0.2, 0.25) is 5.91 Å². The molecule has 3 rings (SSSR count). The first kappa shape index (κ1) is 18.9. The molecule has 1 heterocycles. The van der Waals surface area contributed by atoms with Gasteiger partial charge in [0.1, 0.15) is 5.82 Å². The molecule has 28 heavy (non-hydrogen) atoms. The van der Waals surface area contributed by atoms with Gasteiger partial charge in [0, 0.05) is 6.21 Å². The fourth-order valence-corrected chi connectivity index (χ4v) is 2.55. The lowest BCUT2D eigenvalue weighted by molar-refractivity contribution is -0.131. The third kappa shape index (κ3) is 3.78. The van der Waals surface area contributed by atoms with Crippen LogP contribution in [0.2, 0.25) is 0 Å². The van der Waals surface area contributed by atoms with Gasteiger partial charge in [-0.15, -0.1) is 0 Å². The highest BCUT2D eigenvalue weighted by molar-refractivity contribution is 6.32. The van der Waals surface area contributed by atoms with Gasteiger partial charge in [0.05, 0.1) is 24.0 Å². The molecule has 0 aromatic heterocycles. The van der Waals surface area contributed by atoms with Crippen molar-refractivity contribution in [3.8, 4) is 0 Å². The van der Waals surface area contributed by atoms with E-state index in [0.29, 0.717) is 5.69 Å². The molecule has 1 N–H and O–H groups in total. The molecule has 1 fully saturated rings. The summed E-state index contributed by atoms with van der Waals surface area (Å²) >= 11 is 0. The van der Waals surface area contributed by atoms with Gasteiger partial charge in [-0.1, -0.05) is 6.07 Å². The Morgan fingerprint density at radius 1 is 1.18 bits per heavy atom. The van der Waals surface area contributed by atoms with Crippen LogP contribution >= 0.6 is 0 Å². The molecule has 0 aliphatic carbocycles. The molecule has 2 aromatic carbocycles. The van der Waals surface area contributed by atoms with Crippen LogP contribution in [0.3, 0.4) is 0 Å². The van der Waals surface area contributed by atoms with E-state index in [1.807, 2.05) is 0 Å². The lowest BCUT2D eigenvalue weighted by Gasteiger charge is -2.28. The summed E-state index contributed by atoms with van der Waals surface area (Å²) in [6.07, 6.45) is 1.08. The maximum Gasteiger partial charge on any atom is 0.337 e. The number of hydrogen-bond donors (Lipinski definition) is 1. The molecule has 0 spiro atoms. The van der Waals surface area contributed by atoms with E-state index in [4.69, 9.17) is 0 Å². The van der Waals surface area contributed by atoms with Crippen molar-refractivity contribution in [1.29, 1.82) is 0 Å². The molecule has 4 amide bonds. The molecule has 1 saturated heterocycles. The highest BCUT2D eigenvalue weighted by Crippen LogP contribution is 2.21. The number of imide groups is 2. The van der Waals surface area contributed by atoms with Crippen LogP contribution in [-0.2, 0) is 14.3 Å². The van der Waals surface area contributed by atoms with Crippen LogP contribution in [0.1, 0.15) is 10.4 Å². The zero-order valence-electron chi connectivity index (χ0n) is 14.6. The molecule has 2 aromatic rings. The molecule has 142 valence electrons. The van der Waals surface area contributed by atoms with E-state index < -0.39 is 35.5 Å². The van der Waals surface area contributed by atoms with Gasteiger partial charge in [0.25, 0.3) is 5.91 Å². The Bertz CT molecular complexity index is 987. The number of methoxy groups -OCH3 is 1. The lowest BCUT2D eigenvalue weighted by atomic mass is 10.1. The summed E-state index contributed by atoms with van der Waals surface area (Å²) in [6, 6.07) is 9.83. The number of esters is 1. The molecule has 1 unspecified atom stereocenters. The van der Waals surface area contributed by atoms with Gasteiger partial charge in [-0.3, -0.25) is 19.9 Å². The van der Waals surface area contributed by atoms with Crippen molar-refractivity contribution in [3.05, 3.63) is 59.9 Å². The van der Waals surface area contributed by atoms with Crippen LogP contribution in [0.15, 0.2) is 53.5 Å². The number of nitrogens with zero attached hydrogens (tertiary/aromatic N) is 2. The Hall–Kier alpha value is -3.88. The largest absolute Gasteiger partial charge is 0.465 e. The molecule has 0 bridgehead atoms. The maximum atomic E-state index is 13.1. The number of hydrogen-bond acceptors (Lipinski definition) is 6. The quantitative estimate of drug-likeness (QED) is 0.495. The number of urea groups is 1. The van der Waals surface area contributed by atoms with Gasteiger partial charge < -0.3 is 4.74 Å². The average Bonchev–Trinajstić information content (AvgIpc) is 2.68. The number of rotatable bonds is 4. The molecule has 1 atom stereocenters. The summed E-state index contributed by atoms with van der Waals surface area (Å²) in [6.45, 7) is 0. The Morgan fingerprint density at radius 2 is 1.89 bits per heavy atom. The molecule has 1 aliphatic heterocycles. The fourth-order valence-electron chi connectivity index (χ4n) is 2.55. The molecule has 0 saturated carbocycles. The van der Waals surface area contributed by atoms with E-state index in [0.717, 1.165) is 23.2 Å². The molecule has 0 radical (unpaired) electrons. The van der Waals surface area contributed by atoms with Crippen LogP contribution in [0.5, 0.6) is 0 Å². The third-order valence-corrected chi connectivity index (χ3v) is 3.93. The molecule has 9 heteroatoms. The number of aliphatic imine (C=N–C) groups is 1. The molecular weight excluding hydrogens is 369 g/mol. The van der Waals surface area contributed by atoms with E-state index in [9.17, 15) is 23.6 Å². The SMILES string of the molecule is COC(=O)c1cccc(N=CC2C(=O)NC(=O)N(c3ccc(F)cc3)C2=O)c1. The summed E-state index contributed by atoms with van der Waals surface area (Å²) in [5.74, 6) is -4.12. The zero-order valence-corrected chi connectivity index (χ0v) is 14.6. The Balaban J connectivity index is 1.86. The first-order valence-corrected chi connectivity index (χ1v) is 8.07. The summed E-state index contributed by atoms with van der Waals surface area (Å²) < 4.78 is 17.7. The van der Waals surface area contributed by atoms with Crippen molar-refractivity contribution in [2.45, 2.75) is 0 Å². The predicted molar refractivity (Wildman–Crippen MR) is 96.8 cm³/mol. The Kier molecular flexibility index (Phi) is 5.25. The van der Waals surface area contributed by atoms with Crippen LogP contribution in [0, 0.1) is 11.7 Å². The highest BCUT2D eigenvalue weighted by atomic mass is 19.1. The topological polar surface area (TPSA) is 105 Å². The average molecular weight is 383 g/mol. The number of carbonyl (C=O) groups excluding carboxylic acids is 4. The number of nitrogens with one attached hydrogen (secondary N) is 1. The first-order chi connectivity index (χ1) is 13.4. The van der Waals surface area contributed by atoms with Gasteiger partial charge in [0.15, 0.2) is 5.92 Å². The zero-order chi connectivity index (χ0) is 20.3. The molecular formula is C19H14FN3O5. The summed E-state index contributed by atoms with van der Waals surface area (Å²) in [4.78, 5) is 53.2. The number of ether oxygens (including phenoxy) is 1. The number of anilines is 1. The van der Waals surface area contributed by atoms with Crippen molar-refractivity contribution in [3.63, 3.8) is 0 Å². The number of carbonyl (C=O) groups is 4. The van der Waals surface area contributed by atoms with E-state index >= 15 is 0 Å². The van der Waals surface area contributed by atoms with Crippen molar-refractivity contribution in [1.82, 2.24) is 5.32 Å². The summed E-state index contributed by atoms with van der Waals surface area (Å²) in [5, 5.41) is 2.07. The minimum absolute atomic E-state index is 0.113. The second-order valence-electron chi connectivity index (χ2n) is 5.74. The van der Waals surface area contributed by atoms with E-state index in [2.05, 4.69) is 15.0 Å². The minimum atomic E-state index is -1.37. The number of halogens is 1. The number of benzene rings is 2. The van der Waals surface area contributed by atoms with Gasteiger partial charge in [-0.2, -0.15) is 0 Å². The highest BCUT2D eigenvalue weighted by Gasteiger charge is 2.40. The first-order valence-electron chi connectivity index (χ1n) is 8.07. The van der Waals surface area contributed by atoms with Gasteiger partial charge in [-0.25, -0.2) is 18.9 Å². The van der Waals surface area contributed by atoms with E-state index in [1.54, 1.807) is 12.1 Å². The van der Waals surface area contributed by atoms with Crippen LogP contribution in [-0.4, -0.2) is 37.1 Å². The Labute approximate surface area is 158 Å². The van der Waals surface area contributed by atoms with Crippen molar-refractivity contribution >= 4 is 41.4 Å². The minimum Gasteiger partial charge on any atom is -0.465 e. The monoisotopic (exact) mass is 383 g/mol. The van der Waals surface area contributed by atoms with Crippen LogP contribution in [0.25, 0.3) is 0 Å². The number of barbiturate groups is 1. The molecule has 1 aliphatic rings. The van der Waals surface area contributed by atoms with E-state index in [1.165, 1.54) is 31.4 Å². The number of amides is 4. The lowest BCUT2D eigenvalue weighted by Crippen LogP contribution is -2.58. The normalized spacial score (nSPS) is 17.0. The van der Waals surface area contributed by atoms with Gasteiger partial charge >= 0.3 is 12.0 Å². The van der Waals surface area contributed by atoms with Gasteiger partial charge in [-0.05, 0) is 42.5 Å². The van der Waals surface area contributed by atoms with Crippen LogP contribution < -0.4 is 10.2 Å². The van der Waals surface area contributed by atoms with E-state index in [-0.39, 0.29) is 11.3 Å². The van der Waals surface area contributed by atoms with Crippen LogP contribution in [0.4, 0.5) is 20.6 Å². The Morgan fingerprint density at radius 3 is 2.57 bits per heavy atom. The molecule has 8 nitrogen and oxygen atoms in total. The third-order valence-electron chi connectivity index (χ3n) is 3.93. The smallest absolute Gasteiger partial charge is 0.337 e. The predicted octanol–water partition coefficient (Wildman–Crippen LogP) is 2.21. The van der Waals surface area contributed by atoms with Crippen molar-refractivity contribution < 1.29 is 28.3 Å². The second kappa shape index (κ2) is 7.78. The standard InChI is InChI=1S/C19H14FN3O5/c1-28-18(26)11-3-2-4-13(9-11)21-10-15-16(24)22-19(27)23(17(15)25)14-7-5-12(20)6-8-14/h2-10,15H,1H3,(H,22,24,27). The summed E-state index contributed by atoms with van der Waals surface area (Å²) in [5.41, 5.74) is 0.677. The fraction of sp³-hybridized carbons (Fsp3) is 0.105. The summed E-state index contributed by atoms with van der Waals surface area (Å²) in [7, 11) is 1.24. The van der Waals surface area contributed by atoms with Crippen molar-refractivity contribution in [2.24, 2.45) is 10.9 Å². The van der Waals surface area contributed by atoms with Crippen molar-refractivity contribution in [2.75, 3.05) is 12.0 Å². The maximum absolute atomic E-state index is 13.1.